The van der Waals surface area contributed by atoms with Gasteiger partial charge in [-0.3, -0.25) is 19.2 Å². The van der Waals surface area contributed by atoms with E-state index < -0.39 is 23.2 Å². The molecule has 1 aromatic heterocycles. The largest absolute Gasteiger partial charge is 0.417 e. The maximum atomic E-state index is 14.8. The maximum Gasteiger partial charge on any atom is 0.417 e. The highest BCUT2D eigenvalue weighted by Crippen LogP contribution is 2.50. The van der Waals surface area contributed by atoms with Crippen molar-refractivity contribution in [2.75, 3.05) is 69.6 Å². The quantitative estimate of drug-likeness (QED) is 0.290. The second-order valence-corrected chi connectivity index (χ2v) is 13.2. The van der Waals surface area contributed by atoms with Crippen molar-refractivity contribution in [2.45, 2.75) is 36.0 Å². The Balaban J connectivity index is 1.36. The van der Waals surface area contributed by atoms with E-state index >= 15 is 0 Å². The van der Waals surface area contributed by atoms with Crippen LogP contribution in [0.1, 0.15) is 24.4 Å². The van der Waals surface area contributed by atoms with E-state index in [1.807, 2.05) is 0 Å². The molecule has 1 amide bonds. The van der Waals surface area contributed by atoms with Gasteiger partial charge in [0.05, 0.1) is 17.1 Å². The predicted octanol–water partition coefficient (Wildman–Crippen LogP) is 4.48. The summed E-state index contributed by atoms with van der Waals surface area (Å²) in [6.07, 6.45) is -0.992. The summed E-state index contributed by atoms with van der Waals surface area (Å²) in [5, 5.41) is 0.252. The fourth-order valence-corrected chi connectivity index (χ4v) is 8.24. The van der Waals surface area contributed by atoms with Gasteiger partial charge in [0.15, 0.2) is 0 Å². The minimum atomic E-state index is -4.72. The lowest BCUT2D eigenvalue weighted by molar-refractivity contribution is -0.137. The second-order valence-electron chi connectivity index (χ2n) is 12.2. The van der Waals surface area contributed by atoms with Crippen molar-refractivity contribution in [3.63, 3.8) is 0 Å². The first kappa shape index (κ1) is 30.2. The van der Waals surface area contributed by atoms with Crippen LogP contribution < -0.4 is 10.6 Å². The van der Waals surface area contributed by atoms with Gasteiger partial charge in [-0.05, 0) is 42.7 Å². The molecule has 13 heteroatoms. The van der Waals surface area contributed by atoms with Crippen molar-refractivity contribution in [3.05, 3.63) is 64.9 Å². The Morgan fingerprint density at radius 3 is 2.33 bits per heavy atom. The number of benzene rings is 2. The number of alkyl halides is 3. The smallest absolute Gasteiger partial charge is 0.352 e. The number of anilines is 1. The third kappa shape index (κ3) is 5.74. The van der Waals surface area contributed by atoms with Crippen molar-refractivity contribution < 1.29 is 22.4 Å². The van der Waals surface area contributed by atoms with Crippen molar-refractivity contribution >= 4 is 34.4 Å². The minimum Gasteiger partial charge on any atom is -0.352 e. The summed E-state index contributed by atoms with van der Waals surface area (Å²) in [6, 6.07) is 6.52. The monoisotopic (exact) mass is 642 g/mol. The Bertz CT molecular complexity index is 1690. The normalized spacial score (nSPS) is 21.4. The Kier molecular flexibility index (Phi) is 7.89. The lowest BCUT2D eigenvalue weighted by Gasteiger charge is -2.39. The van der Waals surface area contributed by atoms with Crippen LogP contribution in [-0.4, -0.2) is 101 Å². The summed E-state index contributed by atoms with van der Waals surface area (Å²) in [5.41, 5.74) is -0.748. The SMILES string of the molecule is C=CC(=O)N1CCN(c2nc(=O)n3c4c(c(-c5ccc(F)cc5)c(C(F)(F)F)cc24)SCC3CN2CCN(C3CC3)CC2)CC1. The topological polar surface area (TPSA) is 64.9 Å². The van der Waals surface area contributed by atoms with Gasteiger partial charge in [-0.1, -0.05) is 18.7 Å². The third-order valence-corrected chi connectivity index (χ3v) is 10.6. The summed E-state index contributed by atoms with van der Waals surface area (Å²) < 4.78 is 60.0. The summed E-state index contributed by atoms with van der Waals surface area (Å²) in [6.45, 7) is 9.07. The van der Waals surface area contributed by atoms with Crippen LogP contribution in [0.5, 0.6) is 0 Å². The van der Waals surface area contributed by atoms with Crippen LogP contribution in [0.4, 0.5) is 23.4 Å². The van der Waals surface area contributed by atoms with Crippen LogP contribution in [0, 0.1) is 5.82 Å². The zero-order chi connectivity index (χ0) is 31.5. The van der Waals surface area contributed by atoms with Crippen LogP contribution in [-0.2, 0) is 11.0 Å². The molecule has 1 unspecified atom stereocenters. The maximum absolute atomic E-state index is 14.8. The summed E-state index contributed by atoms with van der Waals surface area (Å²) in [7, 11) is 0. The van der Waals surface area contributed by atoms with E-state index in [1.165, 1.54) is 42.8 Å². The van der Waals surface area contributed by atoms with Crippen molar-refractivity contribution in [1.29, 1.82) is 0 Å². The van der Waals surface area contributed by atoms with E-state index in [0.717, 1.165) is 44.4 Å². The number of aromatic nitrogens is 2. The zero-order valence-corrected chi connectivity index (χ0v) is 25.5. The average Bonchev–Trinajstić information content (AvgIpc) is 3.89. The van der Waals surface area contributed by atoms with E-state index in [-0.39, 0.29) is 34.3 Å². The number of halogens is 4. The van der Waals surface area contributed by atoms with Crippen molar-refractivity contribution in [1.82, 2.24) is 24.3 Å². The zero-order valence-electron chi connectivity index (χ0n) is 24.7. The molecule has 1 atom stereocenters. The number of hydrogen-bond acceptors (Lipinski definition) is 7. The van der Waals surface area contributed by atoms with Gasteiger partial charge in [-0.25, -0.2) is 9.18 Å². The molecule has 3 aromatic rings. The van der Waals surface area contributed by atoms with Gasteiger partial charge >= 0.3 is 11.9 Å². The number of rotatable bonds is 6. The van der Waals surface area contributed by atoms with E-state index in [9.17, 15) is 27.2 Å². The molecule has 238 valence electrons. The molecule has 0 N–H and O–H groups in total. The highest BCUT2D eigenvalue weighted by atomic mass is 32.2. The molecule has 7 rings (SSSR count). The highest BCUT2D eigenvalue weighted by molar-refractivity contribution is 7.99. The lowest BCUT2D eigenvalue weighted by Crippen LogP contribution is -2.50. The summed E-state index contributed by atoms with van der Waals surface area (Å²) >= 11 is 1.32. The van der Waals surface area contributed by atoms with Gasteiger partial charge in [-0.15, -0.1) is 11.8 Å². The molecule has 1 saturated carbocycles. The Hall–Kier alpha value is -3.42. The number of nitrogens with zero attached hydrogens (tertiary/aromatic N) is 6. The third-order valence-electron chi connectivity index (χ3n) is 9.37. The molecule has 2 saturated heterocycles. The van der Waals surface area contributed by atoms with E-state index in [0.29, 0.717) is 54.9 Å². The molecule has 3 aliphatic heterocycles. The number of amides is 1. The molecule has 2 aromatic carbocycles. The van der Waals surface area contributed by atoms with E-state index in [1.54, 1.807) is 14.4 Å². The Morgan fingerprint density at radius 1 is 1.02 bits per heavy atom. The van der Waals surface area contributed by atoms with Gasteiger partial charge in [0.2, 0.25) is 5.91 Å². The molecule has 4 aliphatic rings. The molecule has 0 spiro atoms. The van der Waals surface area contributed by atoms with E-state index in [4.69, 9.17) is 0 Å². The number of carbonyl (C=O) groups excluding carboxylic acids is 1. The number of thioether (sulfide) groups is 1. The molecule has 0 bridgehead atoms. The summed E-state index contributed by atoms with van der Waals surface area (Å²) in [5.74, 6) is -0.175. The van der Waals surface area contributed by atoms with Crippen molar-refractivity contribution in [2.24, 2.45) is 0 Å². The number of hydrogen-bond donors (Lipinski definition) is 0. The lowest BCUT2D eigenvalue weighted by atomic mass is 9.96. The van der Waals surface area contributed by atoms with Crippen LogP contribution >= 0.6 is 11.8 Å². The standard InChI is InChI=1S/C32H34F4N6O2S/c1-2-26(43)40-13-15-41(16-14-40)30-24-17-25(32(34,35)36)27(20-3-5-21(33)6-4-20)29-28(24)42(31(44)37-30)23(19-45-29)18-38-9-11-39(12-10-38)22-7-8-22/h2-6,17,22-23H,1,7-16,18-19H2. The Labute approximate surface area is 262 Å². The average molecular weight is 643 g/mol. The first-order valence-electron chi connectivity index (χ1n) is 15.3. The first-order chi connectivity index (χ1) is 21.6. The highest BCUT2D eigenvalue weighted by Gasteiger charge is 2.40. The van der Waals surface area contributed by atoms with Gasteiger partial charge in [0.25, 0.3) is 0 Å². The number of piperazine rings is 2. The van der Waals surface area contributed by atoms with Gasteiger partial charge in [0, 0.05) is 86.5 Å². The fourth-order valence-electron chi connectivity index (χ4n) is 6.91. The van der Waals surface area contributed by atoms with Crippen LogP contribution in [0.2, 0.25) is 0 Å². The second kappa shape index (κ2) is 11.7. The first-order valence-corrected chi connectivity index (χ1v) is 16.3. The van der Waals surface area contributed by atoms with E-state index in [2.05, 4.69) is 21.4 Å². The van der Waals surface area contributed by atoms with Gasteiger partial charge in [-0.2, -0.15) is 18.2 Å². The van der Waals surface area contributed by atoms with Crippen LogP contribution in [0.25, 0.3) is 22.0 Å². The molecular formula is C32H34F4N6O2S. The molecule has 1 aliphatic carbocycles. The van der Waals surface area contributed by atoms with Gasteiger partial charge < -0.3 is 9.80 Å². The summed E-state index contributed by atoms with van der Waals surface area (Å²) in [4.78, 5) is 39.2. The minimum absolute atomic E-state index is 0.0526. The molecular weight excluding hydrogens is 608 g/mol. The molecule has 45 heavy (non-hydrogen) atoms. The molecule has 0 radical (unpaired) electrons. The molecule has 8 nitrogen and oxygen atoms in total. The fraction of sp³-hybridized carbons (Fsp3) is 0.469. The van der Waals surface area contributed by atoms with Gasteiger partial charge in [0.1, 0.15) is 11.6 Å². The molecule has 4 heterocycles. The van der Waals surface area contributed by atoms with Crippen LogP contribution in [0.15, 0.2) is 52.7 Å². The Morgan fingerprint density at radius 2 is 1.71 bits per heavy atom. The molecule has 3 fully saturated rings. The predicted molar refractivity (Wildman–Crippen MR) is 166 cm³/mol. The van der Waals surface area contributed by atoms with Crippen LogP contribution in [0.3, 0.4) is 0 Å². The number of carbonyl (C=O) groups is 1. The van der Waals surface area contributed by atoms with Crippen molar-refractivity contribution in [3.8, 4) is 11.1 Å².